The van der Waals surface area contributed by atoms with E-state index in [2.05, 4.69) is 51.7 Å². The van der Waals surface area contributed by atoms with Gasteiger partial charge in [0.15, 0.2) is 0 Å². The molecule has 0 saturated carbocycles. The van der Waals surface area contributed by atoms with Crippen LogP contribution in [-0.4, -0.2) is 62.9 Å². The minimum Gasteiger partial charge on any atom is -0.465 e. The van der Waals surface area contributed by atoms with E-state index >= 15 is 0 Å². The number of carbonyl (C=O) groups excluding carboxylic acids is 1. The number of anilines is 1. The second-order valence-corrected chi connectivity index (χ2v) is 10.5. The molecule has 0 aromatic heterocycles. The second kappa shape index (κ2) is 10.2. The molecule has 1 fully saturated rings. The van der Waals surface area contributed by atoms with Crippen LogP contribution in [0.2, 0.25) is 5.02 Å². The summed E-state index contributed by atoms with van der Waals surface area (Å²) in [5, 5.41) is 0.759. The molecule has 0 N–H and O–H groups in total. The summed E-state index contributed by atoms with van der Waals surface area (Å²) in [6.07, 6.45) is 0.893. The van der Waals surface area contributed by atoms with Crippen LogP contribution in [-0.2, 0) is 9.47 Å². The highest BCUT2D eigenvalue weighted by atomic mass is 79.9. The molecule has 2 aliphatic heterocycles. The second-order valence-electron chi connectivity index (χ2n) is 9.23. The molecule has 2 aromatic carbocycles. The topological polar surface area (TPSA) is 42.0 Å². The molecule has 0 amide bonds. The Kier molecular flexibility index (Phi) is 7.49. The lowest BCUT2D eigenvalue weighted by Crippen LogP contribution is -2.47. The third-order valence-electron chi connectivity index (χ3n) is 6.37. The van der Waals surface area contributed by atoms with Crippen LogP contribution in [0.3, 0.4) is 0 Å². The Morgan fingerprint density at radius 3 is 2.45 bits per heavy atom. The normalized spacial score (nSPS) is 19.0. The number of piperazine rings is 1. The standard InChI is InChI=1S/C26H30BrClN2O3/c1-26(2)15-23(18-4-6-20(28)7-5-18)19(17-33-26)16-29-10-12-30(13-11-29)21-8-9-22(24(27)14-21)25(31)32-3/h4-9,14H,10-13,15-17H2,1-3H3. The van der Waals surface area contributed by atoms with E-state index < -0.39 is 0 Å². The van der Waals surface area contributed by atoms with E-state index in [9.17, 15) is 4.79 Å². The molecule has 2 aliphatic rings. The van der Waals surface area contributed by atoms with Crippen molar-refractivity contribution < 1.29 is 14.3 Å². The first kappa shape index (κ1) is 24.3. The number of hydrogen-bond acceptors (Lipinski definition) is 5. The van der Waals surface area contributed by atoms with Gasteiger partial charge in [-0.25, -0.2) is 4.79 Å². The molecule has 33 heavy (non-hydrogen) atoms. The zero-order valence-corrected chi connectivity index (χ0v) is 21.7. The Bertz CT molecular complexity index is 1040. The highest BCUT2D eigenvalue weighted by molar-refractivity contribution is 9.10. The number of rotatable bonds is 5. The van der Waals surface area contributed by atoms with Gasteiger partial charge in [-0.2, -0.15) is 0 Å². The molecule has 7 heteroatoms. The molecule has 4 rings (SSSR count). The molecule has 0 unspecified atom stereocenters. The lowest BCUT2D eigenvalue weighted by Gasteiger charge is -2.39. The van der Waals surface area contributed by atoms with Gasteiger partial charge in [-0.1, -0.05) is 23.7 Å². The third kappa shape index (κ3) is 5.80. The lowest BCUT2D eigenvalue weighted by molar-refractivity contribution is -0.0101. The van der Waals surface area contributed by atoms with E-state index in [-0.39, 0.29) is 11.6 Å². The van der Waals surface area contributed by atoms with Crippen molar-refractivity contribution in [2.45, 2.75) is 25.9 Å². The number of ether oxygens (including phenoxy) is 2. The maximum Gasteiger partial charge on any atom is 0.339 e. The molecule has 5 nitrogen and oxygen atoms in total. The van der Waals surface area contributed by atoms with E-state index in [1.807, 2.05) is 30.3 Å². The number of methoxy groups -OCH3 is 1. The van der Waals surface area contributed by atoms with Gasteiger partial charge in [0.1, 0.15) is 0 Å². The molecular weight excluding hydrogens is 504 g/mol. The van der Waals surface area contributed by atoms with Crippen molar-refractivity contribution in [3.05, 3.63) is 68.7 Å². The van der Waals surface area contributed by atoms with Gasteiger partial charge in [0.05, 0.1) is 24.9 Å². The van der Waals surface area contributed by atoms with Crippen LogP contribution in [0.4, 0.5) is 5.69 Å². The van der Waals surface area contributed by atoms with Crippen LogP contribution < -0.4 is 4.90 Å². The van der Waals surface area contributed by atoms with E-state index in [1.165, 1.54) is 23.8 Å². The summed E-state index contributed by atoms with van der Waals surface area (Å²) < 4.78 is 11.8. The Morgan fingerprint density at radius 1 is 1.12 bits per heavy atom. The minimum atomic E-state index is -0.333. The summed E-state index contributed by atoms with van der Waals surface area (Å²) in [5.41, 5.74) is 5.46. The van der Waals surface area contributed by atoms with Crippen LogP contribution >= 0.6 is 27.5 Å². The zero-order valence-electron chi connectivity index (χ0n) is 19.4. The van der Waals surface area contributed by atoms with Gasteiger partial charge >= 0.3 is 5.97 Å². The highest BCUT2D eigenvalue weighted by Crippen LogP contribution is 2.36. The summed E-state index contributed by atoms with van der Waals surface area (Å²) in [6, 6.07) is 14.0. The summed E-state index contributed by atoms with van der Waals surface area (Å²) in [6.45, 7) is 9.68. The predicted octanol–water partition coefficient (Wildman–Crippen LogP) is 5.66. The summed E-state index contributed by atoms with van der Waals surface area (Å²) >= 11 is 9.63. The van der Waals surface area contributed by atoms with Gasteiger partial charge in [-0.3, -0.25) is 4.90 Å². The van der Waals surface area contributed by atoms with Gasteiger partial charge in [-0.05, 0) is 76.8 Å². The molecular formula is C26H30BrClN2O3. The quantitative estimate of drug-likeness (QED) is 0.464. The molecule has 1 saturated heterocycles. The SMILES string of the molecule is COC(=O)c1ccc(N2CCN(CC3=C(c4ccc(Cl)cc4)CC(C)(C)OC3)CC2)cc1Br. The van der Waals surface area contributed by atoms with Crippen LogP contribution in [0.25, 0.3) is 5.57 Å². The number of halogens is 2. The Balaban J connectivity index is 1.44. The van der Waals surface area contributed by atoms with Gasteiger partial charge in [0.2, 0.25) is 0 Å². The van der Waals surface area contributed by atoms with Crippen molar-refractivity contribution >= 4 is 44.8 Å². The predicted molar refractivity (Wildman–Crippen MR) is 137 cm³/mol. The fourth-order valence-corrected chi connectivity index (χ4v) is 5.13. The number of benzene rings is 2. The van der Waals surface area contributed by atoms with Crippen molar-refractivity contribution in [1.29, 1.82) is 0 Å². The van der Waals surface area contributed by atoms with Gasteiger partial charge in [0.25, 0.3) is 0 Å². The minimum absolute atomic E-state index is 0.166. The van der Waals surface area contributed by atoms with Crippen LogP contribution in [0, 0.1) is 0 Å². The monoisotopic (exact) mass is 532 g/mol. The van der Waals surface area contributed by atoms with Crippen molar-refractivity contribution in [1.82, 2.24) is 4.90 Å². The van der Waals surface area contributed by atoms with Crippen molar-refractivity contribution in [3.8, 4) is 0 Å². The maximum absolute atomic E-state index is 11.8. The summed E-state index contributed by atoms with van der Waals surface area (Å²) in [5.74, 6) is -0.333. The lowest BCUT2D eigenvalue weighted by atomic mass is 9.87. The molecule has 0 radical (unpaired) electrons. The molecule has 176 valence electrons. The van der Waals surface area contributed by atoms with Crippen molar-refractivity contribution in [2.24, 2.45) is 0 Å². The Hall–Kier alpha value is -1.86. The summed E-state index contributed by atoms with van der Waals surface area (Å²) in [4.78, 5) is 16.7. The Labute approximate surface area is 209 Å². The molecule has 0 aliphatic carbocycles. The van der Waals surface area contributed by atoms with E-state index in [0.29, 0.717) is 12.2 Å². The van der Waals surface area contributed by atoms with Crippen molar-refractivity contribution in [2.75, 3.05) is 51.3 Å². The fraction of sp³-hybridized carbons (Fsp3) is 0.423. The van der Waals surface area contributed by atoms with Gasteiger partial charge in [-0.15, -0.1) is 0 Å². The van der Waals surface area contributed by atoms with E-state index in [1.54, 1.807) is 0 Å². The van der Waals surface area contributed by atoms with E-state index in [0.717, 1.165) is 54.3 Å². The molecule has 0 spiro atoms. The zero-order chi connectivity index (χ0) is 23.6. The van der Waals surface area contributed by atoms with Crippen LogP contribution in [0.5, 0.6) is 0 Å². The average Bonchev–Trinajstić information content (AvgIpc) is 2.80. The highest BCUT2D eigenvalue weighted by Gasteiger charge is 2.30. The van der Waals surface area contributed by atoms with E-state index in [4.69, 9.17) is 21.1 Å². The smallest absolute Gasteiger partial charge is 0.339 e. The third-order valence-corrected chi connectivity index (χ3v) is 7.28. The molecule has 0 atom stereocenters. The fourth-order valence-electron chi connectivity index (χ4n) is 4.48. The largest absolute Gasteiger partial charge is 0.465 e. The first-order valence-corrected chi connectivity index (χ1v) is 12.4. The molecule has 2 heterocycles. The number of hydrogen-bond donors (Lipinski definition) is 0. The Morgan fingerprint density at radius 2 is 1.82 bits per heavy atom. The first-order chi connectivity index (χ1) is 15.8. The van der Waals surface area contributed by atoms with Crippen LogP contribution in [0.15, 0.2) is 52.5 Å². The number of carbonyl (C=O) groups is 1. The first-order valence-electron chi connectivity index (χ1n) is 11.2. The average molecular weight is 534 g/mol. The van der Waals surface area contributed by atoms with Gasteiger partial charge < -0.3 is 14.4 Å². The van der Waals surface area contributed by atoms with Crippen molar-refractivity contribution in [3.63, 3.8) is 0 Å². The number of esters is 1. The summed E-state index contributed by atoms with van der Waals surface area (Å²) in [7, 11) is 1.40. The van der Waals surface area contributed by atoms with Gasteiger partial charge in [0, 0.05) is 54.3 Å². The molecule has 2 aromatic rings. The van der Waals surface area contributed by atoms with Crippen LogP contribution in [0.1, 0.15) is 36.2 Å². The maximum atomic E-state index is 11.8. The molecule has 0 bridgehead atoms. The number of nitrogens with zero attached hydrogens (tertiary/aromatic N) is 2.